The first kappa shape index (κ1) is 13.4. The van der Waals surface area contributed by atoms with Crippen LogP contribution in [0, 0.1) is 5.92 Å². The zero-order valence-electron chi connectivity index (χ0n) is 11.9. The van der Waals surface area contributed by atoms with Gasteiger partial charge in [0.05, 0.1) is 12.0 Å². The summed E-state index contributed by atoms with van der Waals surface area (Å²) < 4.78 is 5.65. The van der Waals surface area contributed by atoms with Crippen molar-refractivity contribution in [3.05, 3.63) is 29.3 Å². The van der Waals surface area contributed by atoms with Gasteiger partial charge in [0.25, 0.3) is 0 Å². The van der Waals surface area contributed by atoms with Crippen LogP contribution in [0.3, 0.4) is 0 Å². The second-order valence-corrected chi connectivity index (χ2v) is 5.76. The van der Waals surface area contributed by atoms with E-state index in [0.717, 1.165) is 43.7 Å². The minimum absolute atomic E-state index is 0.200. The van der Waals surface area contributed by atoms with Crippen LogP contribution in [0.1, 0.15) is 30.9 Å². The fraction of sp³-hybridized carbons (Fsp3) is 0.562. The first-order valence-electron chi connectivity index (χ1n) is 7.46. The summed E-state index contributed by atoms with van der Waals surface area (Å²) in [5.74, 6) is 0.999. The summed E-state index contributed by atoms with van der Waals surface area (Å²) in [5, 5.41) is 3.37. The zero-order chi connectivity index (χ0) is 14.2. The Morgan fingerprint density at radius 3 is 3.05 bits per heavy atom. The lowest BCUT2D eigenvalue weighted by atomic mass is 9.66. The van der Waals surface area contributed by atoms with Gasteiger partial charge in [-0.1, -0.05) is 19.1 Å². The molecule has 1 saturated heterocycles. The van der Waals surface area contributed by atoms with Crippen LogP contribution in [0.4, 0.5) is 0 Å². The van der Waals surface area contributed by atoms with Crippen LogP contribution in [0.5, 0.6) is 5.75 Å². The molecule has 1 fully saturated rings. The van der Waals surface area contributed by atoms with Gasteiger partial charge in [-0.25, -0.2) is 0 Å². The van der Waals surface area contributed by atoms with Gasteiger partial charge in [-0.3, -0.25) is 4.79 Å². The number of amides is 1. The van der Waals surface area contributed by atoms with Crippen LogP contribution in [-0.4, -0.2) is 25.6 Å². The molecule has 3 rings (SSSR count). The number of hydrogen-bond donors (Lipinski definition) is 2. The summed E-state index contributed by atoms with van der Waals surface area (Å²) in [5.41, 5.74) is 7.59. The van der Waals surface area contributed by atoms with Crippen molar-refractivity contribution in [1.82, 2.24) is 5.32 Å². The fourth-order valence-corrected chi connectivity index (χ4v) is 3.92. The second-order valence-electron chi connectivity index (χ2n) is 5.76. The number of primary amides is 1. The molecule has 0 bridgehead atoms. The fourth-order valence-electron chi connectivity index (χ4n) is 3.92. The van der Waals surface area contributed by atoms with E-state index in [4.69, 9.17) is 10.5 Å². The molecule has 1 amide bonds. The molecule has 0 saturated carbocycles. The molecule has 2 aliphatic heterocycles. The van der Waals surface area contributed by atoms with Crippen molar-refractivity contribution < 1.29 is 9.53 Å². The third-order valence-electron chi connectivity index (χ3n) is 4.98. The van der Waals surface area contributed by atoms with Gasteiger partial charge in [0.15, 0.2) is 0 Å². The first-order valence-corrected chi connectivity index (χ1v) is 7.46. The number of carbonyl (C=O) groups excluding carboxylic acids is 1. The van der Waals surface area contributed by atoms with Gasteiger partial charge < -0.3 is 15.8 Å². The maximum absolute atomic E-state index is 12.4. The Labute approximate surface area is 119 Å². The summed E-state index contributed by atoms with van der Waals surface area (Å²) in [7, 11) is 0. The molecule has 0 aromatic heterocycles. The summed E-state index contributed by atoms with van der Waals surface area (Å²) in [6.45, 7) is 4.60. The summed E-state index contributed by atoms with van der Waals surface area (Å²) in [4.78, 5) is 12.4. The second kappa shape index (κ2) is 5.09. The molecule has 2 unspecified atom stereocenters. The van der Waals surface area contributed by atoms with Crippen molar-refractivity contribution in [3.8, 4) is 5.75 Å². The number of carbonyl (C=O) groups is 1. The van der Waals surface area contributed by atoms with E-state index in [9.17, 15) is 4.79 Å². The minimum atomic E-state index is -0.567. The van der Waals surface area contributed by atoms with Crippen LogP contribution in [0.15, 0.2) is 18.2 Å². The molecule has 1 aromatic carbocycles. The van der Waals surface area contributed by atoms with Crippen molar-refractivity contribution in [2.24, 2.45) is 11.7 Å². The van der Waals surface area contributed by atoms with Gasteiger partial charge in [-0.15, -0.1) is 0 Å². The number of ether oxygens (including phenoxy) is 1. The average molecular weight is 274 g/mol. The highest BCUT2D eigenvalue weighted by Crippen LogP contribution is 2.43. The number of rotatable bonds is 4. The summed E-state index contributed by atoms with van der Waals surface area (Å²) in [6.07, 6.45) is 2.62. The Kier molecular flexibility index (Phi) is 3.42. The Morgan fingerprint density at radius 1 is 1.55 bits per heavy atom. The third kappa shape index (κ3) is 1.82. The molecule has 4 nitrogen and oxygen atoms in total. The van der Waals surface area contributed by atoms with Gasteiger partial charge in [0, 0.05) is 12.0 Å². The van der Waals surface area contributed by atoms with Crippen molar-refractivity contribution in [2.45, 2.75) is 31.6 Å². The monoisotopic (exact) mass is 274 g/mol. The lowest BCUT2D eigenvalue weighted by molar-refractivity contribution is -0.125. The molecular weight excluding hydrogens is 252 g/mol. The Balaban J connectivity index is 2.14. The van der Waals surface area contributed by atoms with Gasteiger partial charge in [-0.05, 0) is 43.5 Å². The van der Waals surface area contributed by atoms with Crippen molar-refractivity contribution in [2.75, 3.05) is 19.7 Å². The maximum atomic E-state index is 12.4. The van der Waals surface area contributed by atoms with Gasteiger partial charge in [0.2, 0.25) is 5.91 Å². The molecule has 0 spiro atoms. The van der Waals surface area contributed by atoms with Crippen LogP contribution in [-0.2, 0) is 16.6 Å². The molecule has 0 radical (unpaired) electrons. The normalized spacial score (nSPS) is 23.9. The minimum Gasteiger partial charge on any atom is -0.493 e. The van der Waals surface area contributed by atoms with Crippen LogP contribution < -0.4 is 15.8 Å². The quantitative estimate of drug-likeness (QED) is 0.871. The SMILES string of the molecule is CCC(C(N)=O)(c1cccc2c1CCO2)C1CCNC1. The molecule has 3 N–H and O–H groups in total. The Morgan fingerprint density at radius 2 is 2.40 bits per heavy atom. The highest BCUT2D eigenvalue weighted by molar-refractivity contribution is 5.88. The molecule has 0 aliphatic carbocycles. The number of benzene rings is 1. The van der Waals surface area contributed by atoms with E-state index < -0.39 is 5.41 Å². The van der Waals surface area contributed by atoms with E-state index >= 15 is 0 Å². The number of fused-ring (bicyclic) bond motifs is 1. The molecule has 20 heavy (non-hydrogen) atoms. The summed E-state index contributed by atoms with van der Waals surface area (Å²) >= 11 is 0. The molecule has 2 aliphatic rings. The van der Waals surface area contributed by atoms with Crippen LogP contribution >= 0.6 is 0 Å². The van der Waals surface area contributed by atoms with Crippen molar-refractivity contribution >= 4 is 5.91 Å². The molecule has 2 atom stereocenters. The molecule has 1 aromatic rings. The smallest absolute Gasteiger partial charge is 0.228 e. The third-order valence-corrected chi connectivity index (χ3v) is 4.98. The van der Waals surface area contributed by atoms with E-state index in [0.29, 0.717) is 6.61 Å². The lowest BCUT2D eigenvalue weighted by Gasteiger charge is -2.36. The molecular formula is C16H22N2O2. The predicted molar refractivity (Wildman–Crippen MR) is 77.8 cm³/mol. The first-order chi connectivity index (χ1) is 9.70. The van der Waals surface area contributed by atoms with Gasteiger partial charge in [-0.2, -0.15) is 0 Å². The van der Waals surface area contributed by atoms with Crippen LogP contribution in [0.25, 0.3) is 0 Å². The van der Waals surface area contributed by atoms with Gasteiger partial charge >= 0.3 is 0 Å². The zero-order valence-corrected chi connectivity index (χ0v) is 11.9. The van der Waals surface area contributed by atoms with Crippen molar-refractivity contribution in [3.63, 3.8) is 0 Å². The summed E-state index contributed by atoms with van der Waals surface area (Å²) in [6, 6.07) is 6.04. The number of nitrogens with two attached hydrogens (primary N) is 1. The predicted octanol–water partition coefficient (Wildman–Crippen LogP) is 1.36. The van der Waals surface area contributed by atoms with Crippen LogP contribution in [0.2, 0.25) is 0 Å². The topological polar surface area (TPSA) is 64.4 Å². The molecule has 2 heterocycles. The highest BCUT2D eigenvalue weighted by Gasteiger charge is 2.47. The van der Waals surface area contributed by atoms with Gasteiger partial charge in [0.1, 0.15) is 5.75 Å². The molecule has 4 heteroatoms. The standard InChI is InChI=1S/C16H22N2O2/c1-2-16(15(17)19,11-6-8-18-10-11)13-4-3-5-14-12(13)7-9-20-14/h3-5,11,18H,2,6-10H2,1H3,(H2,17,19). The maximum Gasteiger partial charge on any atom is 0.228 e. The Bertz CT molecular complexity index is 523. The van der Waals surface area contributed by atoms with E-state index in [2.05, 4.69) is 18.3 Å². The van der Waals surface area contributed by atoms with E-state index in [1.54, 1.807) is 0 Å². The lowest BCUT2D eigenvalue weighted by Crippen LogP contribution is -2.48. The van der Waals surface area contributed by atoms with E-state index in [1.165, 1.54) is 5.56 Å². The molecule has 108 valence electrons. The largest absolute Gasteiger partial charge is 0.493 e. The number of nitrogens with one attached hydrogen (secondary N) is 1. The van der Waals surface area contributed by atoms with E-state index in [-0.39, 0.29) is 11.8 Å². The van der Waals surface area contributed by atoms with E-state index in [1.807, 2.05) is 12.1 Å². The van der Waals surface area contributed by atoms with Crippen molar-refractivity contribution in [1.29, 1.82) is 0 Å². The average Bonchev–Trinajstić information content (AvgIpc) is 3.11. The number of hydrogen-bond acceptors (Lipinski definition) is 3. The highest BCUT2D eigenvalue weighted by atomic mass is 16.5. The Hall–Kier alpha value is -1.55.